The zero-order valence-corrected chi connectivity index (χ0v) is 9.87. The van der Waals surface area contributed by atoms with E-state index in [1.54, 1.807) is 6.33 Å². The van der Waals surface area contributed by atoms with Crippen LogP contribution in [0.2, 0.25) is 0 Å². The summed E-state index contributed by atoms with van der Waals surface area (Å²) in [5.74, 6) is 0. The van der Waals surface area contributed by atoms with Gasteiger partial charge in [-0.2, -0.15) is 0 Å². The molecule has 0 spiro atoms. The van der Waals surface area contributed by atoms with Crippen LogP contribution in [0, 0.1) is 0 Å². The predicted molar refractivity (Wildman–Crippen MR) is 66.3 cm³/mol. The molecule has 0 amide bonds. The molecular formula is C13H17N3O. The molecule has 0 fully saturated rings. The summed E-state index contributed by atoms with van der Waals surface area (Å²) in [7, 11) is 1.96. The van der Waals surface area contributed by atoms with Crippen LogP contribution in [0.25, 0.3) is 0 Å². The van der Waals surface area contributed by atoms with Crippen LogP contribution in [-0.2, 0) is 13.6 Å². The fourth-order valence-electron chi connectivity index (χ4n) is 1.76. The lowest BCUT2D eigenvalue weighted by Gasteiger charge is -2.16. The van der Waals surface area contributed by atoms with Crippen molar-refractivity contribution < 1.29 is 5.11 Å². The number of nitrogens with one attached hydrogen (secondary N) is 1. The second-order valence-corrected chi connectivity index (χ2v) is 4.02. The SMILES string of the molecule is Cn1cncc1CN[C@H](CO)c1ccccc1. The molecule has 0 saturated carbocycles. The Labute approximate surface area is 101 Å². The zero-order valence-electron chi connectivity index (χ0n) is 9.87. The first-order valence-electron chi connectivity index (χ1n) is 5.65. The molecule has 4 nitrogen and oxygen atoms in total. The van der Waals surface area contributed by atoms with Gasteiger partial charge in [-0.1, -0.05) is 30.3 Å². The van der Waals surface area contributed by atoms with Crippen molar-refractivity contribution >= 4 is 0 Å². The maximum Gasteiger partial charge on any atom is 0.0945 e. The number of aliphatic hydroxyl groups excluding tert-OH is 1. The van der Waals surface area contributed by atoms with Gasteiger partial charge < -0.3 is 15.0 Å². The average Bonchev–Trinajstić information content (AvgIpc) is 2.77. The highest BCUT2D eigenvalue weighted by atomic mass is 16.3. The van der Waals surface area contributed by atoms with Gasteiger partial charge in [0.15, 0.2) is 0 Å². The van der Waals surface area contributed by atoms with Gasteiger partial charge in [-0.15, -0.1) is 0 Å². The largest absolute Gasteiger partial charge is 0.394 e. The number of hydrogen-bond acceptors (Lipinski definition) is 3. The van der Waals surface area contributed by atoms with Crippen LogP contribution in [0.4, 0.5) is 0 Å². The number of imidazole rings is 1. The van der Waals surface area contributed by atoms with Crippen LogP contribution in [0.5, 0.6) is 0 Å². The highest BCUT2D eigenvalue weighted by molar-refractivity contribution is 5.19. The standard InChI is InChI=1S/C13H17N3O/c1-16-10-14-7-12(16)8-15-13(9-17)11-5-3-2-4-6-11/h2-7,10,13,15,17H,8-9H2,1H3/t13-/m1/s1. The molecule has 2 rings (SSSR count). The molecular weight excluding hydrogens is 214 g/mol. The lowest BCUT2D eigenvalue weighted by molar-refractivity contribution is 0.243. The second kappa shape index (κ2) is 5.61. The van der Waals surface area contributed by atoms with E-state index in [4.69, 9.17) is 0 Å². The molecule has 2 N–H and O–H groups in total. The molecule has 0 aliphatic heterocycles. The monoisotopic (exact) mass is 231 g/mol. The molecule has 1 atom stereocenters. The van der Waals surface area contributed by atoms with E-state index in [1.807, 2.05) is 48.1 Å². The molecule has 2 aromatic rings. The molecule has 0 saturated heterocycles. The molecule has 4 heteroatoms. The molecule has 1 aromatic carbocycles. The number of rotatable bonds is 5. The summed E-state index contributed by atoms with van der Waals surface area (Å²) in [5, 5.41) is 12.7. The van der Waals surface area contributed by atoms with Gasteiger partial charge in [0.2, 0.25) is 0 Å². The molecule has 90 valence electrons. The summed E-state index contributed by atoms with van der Waals surface area (Å²) < 4.78 is 1.96. The minimum atomic E-state index is -0.0360. The minimum Gasteiger partial charge on any atom is -0.394 e. The Balaban J connectivity index is 1.99. The summed E-state index contributed by atoms with van der Waals surface area (Å²) in [6.07, 6.45) is 3.60. The Bertz CT molecular complexity index is 453. The average molecular weight is 231 g/mol. The van der Waals surface area contributed by atoms with E-state index >= 15 is 0 Å². The van der Waals surface area contributed by atoms with Gasteiger partial charge in [-0.25, -0.2) is 4.98 Å². The van der Waals surface area contributed by atoms with E-state index in [0.29, 0.717) is 6.54 Å². The van der Waals surface area contributed by atoms with Crippen LogP contribution >= 0.6 is 0 Å². The minimum absolute atomic E-state index is 0.0360. The maximum absolute atomic E-state index is 9.39. The number of aliphatic hydroxyl groups is 1. The van der Waals surface area contributed by atoms with Crippen LogP contribution in [0.1, 0.15) is 17.3 Å². The van der Waals surface area contributed by atoms with E-state index in [0.717, 1.165) is 11.3 Å². The lowest BCUT2D eigenvalue weighted by atomic mass is 10.1. The van der Waals surface area contributed by atoms with Crippen molar-refractivity contribution in [2.24, 2.45) is 7.05 Å². The van der Waals surface area contributed by atoms with Crippen molar-refractivity contribution in [2.75, 3.05) is 6.61 Å². The van der Waals surface area contributed by atoms with Crippen LogP contribution in [-0.4, -0.2) is 21.3 Å². The Kier molecular flexibility index (Phi) is 3.90. The summed E-state index contributed by atoms with van der Waals surface area (Å²) in [5.41, 5.74) is 2.19. The molecule has 0 aliphatic rings. The number of benzene rings is 1. The van der Waals surface area contributed by atoms with E-state index in [-0.39, 0.29) is 12.6 Å². The second-order valence-electron chi connectivity index (χ2n) is 4.02. The molecule has 17 heavy (non-hydrogen) atoms. The number of aryl methyl sites for hydroxylation is 1. The van der Waals surface area contributed by atoms with Gasteiger partial charge >= 0.3 is 0 Å². The van der Waals surface area contributed by atoms with Crippen LogP contribution < -0.4 is 5.32 Å². The first-order valence-corrected chi connectivity index (χ1v) is 5.65. The predicted octanol–water partition coefficient (Wildman–Crippen LogP) is 1.24. The molecule has 0 unspecified atom stereocenters. The van der Waals surface area contributed by atoms with Crippen molar-refractivity contribution in [3.63, 3.8) is 0 Å². The third-order valence-electron chi connectivity index (χ3n) is 2.83. The summed E-state index contributed by atoms with van der Waals surface area (Å²) in [4.78, 5) is 4.06. The van der Waals surface area contributed by atoms with Gasteiger partial charge in [0, 0.05) is 19.8 Å². The van der Waals surface area contributed by atoms with Gasteiger partial charge in [0.25, 0.3) is 0 Å². The normalized spacial score (nSPS) is 12.6. The third kappa shape index (κ3) is 2.93. The van der Waals surface area contributed by atoms with Crippen LogP contribution in [0.3, 0.4) is 0 Å². The van der Waals surface area contributed by atoms with Gasteiger partial charge in [0.1, 0.15) is 0 Å². The molecule has 0 bridgehead atoms. The van der Waals surface area contributed by atoms with E-state index in [2.05, 4.69) is 10.3 Å². The fraction of sp³-hybridized carbons (Fsp3) is 0.308. The van der Waals surface area contributed by atoms with Gasteiger partial charge in [-0.3, -0.25) is 0 Å². The first-order chi connectivity index (χ1) is 8.31. The number of hydrogen-bond donors (Lipinski definition) is 2. The number of nitrogens with zero attached hydrogens (tertiary/aromatic N) is 2. The molecule has 0 aliphatic carbocycles. The Morgan fingerprint density at radius 1 is 1.35 bits per heavy atom. The molecule has 0 radical (unpaired) electrons. The van der Waals surface area contributed by atoms with Crippen molar-refractivity contribution in [2.45, 2.75) is 12.6 Å². The van der Waals surface area contributed by atoms with E-state index in [9.17, 15) is 5.11 Å². The smallest absolute Gasteiger partial charge is 0.0945 e. The van der Waals surface area contributed by atoms with Crippen molar-refractivity contribution in [1.82, 2.24) is 14.9 Å². The fourth-order valence-corrected chi connectivity index (χ4v) is 1.76. The third-order valence-corrected chi connectivity index (χ3v) is 2.83. The van der Waals surface area contributed by atoms with Crippen molar-refractivity contribution in [1.29, 1.82) is 0 Å². The van der Waals surface area contributed by atoms with E-state index in [1.165, 1.54) is 0 Å². The lowest BCUT2D eigenvalue weighted by Crippen LogP contribution is -2.24. The molecule has 1 aromatic heterocycles. The van der Waals surface area contributed by atoms with Gasteiger partial charge in [0.05, 0.1) is 24.7 Å². The highest BCUT2D eigenvalue weighted by Crippen LogP contribution is 2.12. The quantitative estimate of drug-likeness (QED) is 0.814. The van der Waals surface area contributed by atoms with Crippen LogP contribution in [0.15, 0.2) is 42.9 Å². The summed E-state index contributed by atoms with van der Waals surface area (Å²) in [6, 6.07) is 9.91. The maximum atomic E-state index is 9.39. The number of aromatic nitrogens is 2. The Morgan fingerprint density at radius 3 is 2.71 bits per heavy atom. The summed E-state index contributed by atoms with van der Waals surface area (Å²) >= 11 is 0. The van der Waals surface area contributed by atoms with Crippen molar-refractivity contribution in [3.8, 4) is 0 Å². The molecule has 1 heterocycles. The Morgan fingerprint density at radius 2 is 2.12 bits per heavy atom. The highest BCUT2D eigenvalue weighted by Gasteiger charge is 2.09. The van der Waals surface area contributed by atoms with Gasteiger partial charge in [-0.05, 0) is 5.56 Å². The zero-order chi connectivity index (χ0) is 12.1. The van der Waals surface area contributed by atoms with Crippen molar-refractivity contribution in [3.05, 3.63) is 54.1 Å². The first kappa shape index (κ1) is 11.8. The summed E-state index contributed by atoms with van der Waals surface area (Å²) in [6.45, 7) is 0.776. The van der Waals surface area contributed by atoms with E-state index < -0.39 is 0 Å². The topological polar surface area (TPSA) is 50.1 Å². The Hall–Kier alpha value is -1.65.